The van der Waals surface area contributed by atoms with Gasteiger partial charge in [-0.2, -0.15) is 4.91 Å². The Morgan fingerprint density at radius 3 is 3.14 bits per heavy atom. The van der Waals surface area contributed by atoms with Crippen LogP contribution in [-0.4, -0.2) is 34.4 Å². The molecule has 0 radical (unpaired) electrons. The fourth-order valence-corrected chi connectivity index (χ4v) is 0.913. The first-order valence-electron chi connectivity index (χ1n) is 4.24. The van der Waals surface area contributed by atoms with Crippen molar-refractivity contribution in [2.45, 2.75) is 12.8 Å². The first-order chi connectivity index (χ1) is 6.83. The van der Waals surface area contributed by atoms with Gasteiger partial charge >= 0.3 is 0 Å². The number of nitrogens with zero attached hydrogens (tertiary/aromatic N) is 3. The average Bonchev–Trinajstić information content (AvgIpc) is 2.67. The van der Waals surface area contributed by atoms with Crippen LogP contribution >= 0.6 is 0 Å². The number of nitrogens with one attached hydrogen (secondary N) is 2. The maximum atomic E-state index is 11.0. The number of aromatic nitrogens is 3. The Kier molecular flexibility index (Phi) is 4.25. The highest BCUT2D eigenvalue weighted by Crippen LogP contribution is 1.89. The van der Waals surface area contributed by atoms with Crippen molar-refractivity contribution < 1.29 is 4.79 Å². The van der Waals surface area contributed by atoms with Crippen molar-refractivity contribution in [1.29, 1.82) is 0 Å². The van der Waals surface area contributed by atoms with Crippen LogP contribution in [-0.2, 0) is 11.2 Å². The van der Waals surface area contributed by atoms with Crippen molar-refractivity contribution in [2.75, 3.05) is 13.1 Å². The van der Waals surface area contributed by atoms with Crippen LogP contribution in [0.2, 0.25) is 0 Å². The van der Waals surface area contributed by atoms with Crippen LogP contribution in [0.4, 0.5) is 0 Å². The number of carbonyl (C=O) groups excluding carboxylic acids is 1. The first-order valence-corrected chi connectivity index (χ1v) is 4.24. The minimum absolute atomic E-state index is 0.0236. The van der Waals surface area contributed by atoms with E-state index in [0.29, 0.717) is 13.0 Å². The zero-order valence-electron chi connectivity index (χ0n) is 7.56. The molecule has 0 unspecified atom stereocenters. The van der Waals surface area contributed by atoms with Crippen molar-refractivity contribution in [1.82, 2.24) is 20.7 Å². The molecule has 0 aliphatic heterocycles. The molecule has 7 heteroatoms. The van der Waals surface area contributed by atoms with Crippen molar-refractivity contribution in [3.63, 3.8) is 0 Å². The normalized spacial score (nSPS) is 9.71. The minimum Gasteiger partial charge on any atom is -0.356 e. The third-order valence-corrected chi connectivity index (χ3v) is 1.60. The highest BCUT2D eigenvalue weighted by Gasteiger charge is 2.01. The summed E-state index contributed by atoms with van der Waals surface area (Å²) in [5.74, 6) is -0.173. The average molecular weight is 197 g/mol. The highest BCUT2D eigenvalue weighted by atomic mass is 16.3. The van der Waals surface area contributed by atoms with Gasteiger partial charge in [-0.25, -0.2) is 0 Å². The van der Waals surface area contributed by atoms with E-state index in [4.69, 9.17) is 0 Å². The largest absolute Gasteiger partial charge is 0.356 e. The summed E-state index contributed by atoms with van der Waals surface area (Å²) >= 11 is 0. The van der Waals surface area contributed by atoms with Gasteiger partial charge in [-0.3, -0.25) is 9.89 Å². The molecule has 1 rings (SSSR count). The molecule has 1 aromatic heterocycles. The lowest BCUT2D eigenvalue weighted by Gasteiger charge is -2.00. The Morgan fingerprint density at radius 1 is 1.64 bits per heavy atom. The van der Waals surface area contributed by atoms with Gasteiger partial charge in [-0.15, -0.1) is 5.10 Å². The molecule has 0 saturated heterocycles. The predicted octanol–water partition coefficient (Wildman–Crippen LogP) is -0.380. The molecular formula is C7H11N5O2. The summed E-state index contributed by atoms with van der Waals surface area (Å²) in [6.45, 7) is 0.514. The summed E-state index contributed by atoms with van der Waals surface area (Å²) in [5.41, 5.74) is 0.791. The smallest absolute Gasteiger partial charge is 0.222 e. The van der Waals surface area contributed by atoms with Crippen LogP contribution in [0.5, 0.6) is 0 Å². The van der Waals surface area contributed by atoms with Gasteiger partial charge in [0, 0.05) is 25.6 Å². The van der Waals surface area contributed by atoms with Crippen LogP contribution in [0, 0.1) is 4.91 Å². The Morgan fingerprint density at radius 2 is 2.50 bits per heavy atom. The number of hydrogen-bond acceptors (Lipinski definition) is 5. The summed E-state index contributed by atoms with van der Waals surface area (Å²) in [6, 6.07) is 0. The lowest BCUT2D eigenvalue weighted by atomic mass is 10.3. The molecular weight excluding hydrogens is 186 g/mol. The molecule has 1 aromatic rings. The zero-order chi connectivity index (χ0) is 10.2. The highest BCUT2D eigenvalue weighted by molar-refractivity contribution is 5.76. The van der Waals surface area contributed by atoms with Gasteiger partial charge in [0.2, 0.25) is 5.91 Å². The monoisotopic (exact) mass is 197 g/mol. The van der Waals surface area contributed by atoms with Crippen LogP contribution in [0.3, 0.4) is 0 Å². The van der Waals surface area contributed by atoms with Crippen LogP contribution in [0.15, 0.2) is 11.4 Å². The van der Waals surface area contributed by atoms with E-state index in [2.05, 4.69) is 25.9 Å². The Balaban J connectivity index is 2.09. The van der Waals surface area contributed by atoms with E-state index in [1.54, 1.807) is 6.20 Å². The maximum Gasteiger partial charge on any atom is 0.222 e. The lowest BCUT2D eigenvalue weighted by molar-refractivity contribution is -0.120. The second-order valence-electron chi connectivity index (χ2n) is 2.67. The van der Waals surface area contributed by atoms with Crippen LogP contribution < -0.4 is 5.32 Å². The lowest BCUT2D eigenvalue weighted by Crippen LogP contribution is -2.26. The summed E-state index contributed by atoms with van der Waals surface area (Å²) < 4.78 is 0. The summed E-state index contributed by atoms with van der Waals surface area (Å²) in [5, 5.41) is 15.1. The Bertz CT molecular complexity index is 284. The molecule has 1 heterocycles. The molecule has 0 spiro atoms. The topological polar surface area (TPSA) is 100 Å². The van der Waals surface area contributed by atoms with Crippen molar-refractivity contribution in [3.05, 3.63) is 16.8 Å². The van der Waals surface area contributed by atoms with E-state index < -0.39 is 0 Å². The van der Waals surface area contributed by atoms with Gasteiger partial charge in [0.15, 0.2) is 0 Å². The number of carbonyl (C=O) groups is 1. The Labute approximate surface area is 80.2 Å². The molecule has 0 atom stereocenters. The van der Waals surface area contributed by atoms with E-state index in [9.17, 15) is 9.70 Å². The van der Waals surface area contributed by atoms with Crippen molar-refractivity contribution >= 4 is 5.91 Å². The molecule has 7 nitrogen and oxygen atoms in total. The first kappa shape index (κ1) is 10.3. The van der Waals surface area contributed by atoms with E-state index in [-0.39, 0.29) is 18.9 Å². The van der Waals surface area contributed by atoms with Crippen LogP contribution in [0.1, 0.15) is 12.1 Å². The molecule has 0 aliphatic carbocycles. The second kappa shape index (κ2) is 5.79. The van der Waals surface area contributed by atoms with Gasteiger partial charge in [0.1, 0.15) is 0 Å². The van der Waals surface area contributed by atoms with E-state index in [1.807, 2.05) is 0 Å². The quantitative estimate of drug-likeness (QED) is 0.607. The van der Waals surface area contributed by atoms with Crippen molar-refractivity contribution in [2.24, 2.45) is 5.18 Å². The molecule has 0 aromatic carbocycles. The molecule has 1 amide bonds. The minimum atomic E-state index is -0.173. The summed E-state index contributed by atoms with van der Waals surface area (Å²) in [7, 11) is 0. The van der Waals surface area contributed by atoms with E-state index >= 15 is 0 Å². The number of amides is 1. The molecule has 2 N–H and O–H groups in total. The summed E-state index contributed by atoms with van der Waals surface area (Å²) in [4.78, 5) is 20.7. The maximum absolute atomic E-state index is 11.0. The number of aromatic amines is 1. The van der Waals surface area contributed by atoms with Crippen LogP contribution in [0.25, 0.3) is 0 Å². The van der Waals surface area contributed by atoms with E-state index in [1.165, 1.54) is 0 Å². The fourth-order valence-electron chi connectivity index (χ4n) is 0.913. The second-order valence-corrected chi connectivity index (χ2v) is 2.67. The Hall–Kier alpha value is -1.79. The van der Waals surface area contributed by atoms with Gasteiger partial charge in [0.05, 0.1) is 12.2 Å². The van der Waals surface area contributed by atoms with Gasteiger partial charge in [-0.05, 0) is 0 Å². The van der Waals surface area contributed by atoms with Crippen molar-refractivity contribution in [3.8, 4) is 0 Å². The summed E-state index contributed by atoms with van der Waals surface area (Å²) in [6.07, 6.45) is 2.43. The SMILES string of the molecule is O=NCCC(=O)NCCc1c[nH]nn1. The van der Waals surface area contributed by atoms with E-state index in [0.717, 1.165) is 5.69 Å². The molecule has 0 saturated carbocycles. The third kappa shape index (κ3) is 3.74. The molecule has 0 bridgehead atoms. The number of nitroso groups, excluding NO2 is 1. The number of rotatable bonds is 6. The predicted molar refractivity (Wildman–Crippen MR) is 48.4 cm³/mol. The van der Waals surface area contributed by atoms with Gasteiger partial charge in [-0.1, -0.05) is 10.4 Å². The van der Waals surface area contributed by atoms with Gasteiger partial charge < -0.3 is 5.32 Å². The number of hydrogen-bond donors (Lipinski definition) is 2. The zero-order valence-corrected chi connectivity index (χ0v) is 7.56. The van der Waals surface area contributed by atoms with Gasteiger partial charge in [0.25, 0.3) is 0 Å². The fraction of sp³-hybridized carbons (Fsp3) is 0.571. The molecule has 0 fully saturated rings. The molecule has 76 valence electrons. The molecule has 14 heavy (non-hydrogen) atoms. The third-order valence-electron chi connectivity index (χ3n) is 1.60. The molecule has 0 aliphatic rings. The number of H-pyrrole nitrogens is 1. The standard InChI is InChI=1S/C7H11N5O2/c13-7(2-4-10-14)8-3-1-6-5-9-12-11-6/h5H,1-4H2,(H,8,13)(H,9,11,12).